The molecule has 0 bridgehead atoms. The first-order chi connectivity index (χ1) is 21.7. The Hall–Kier alpha value is -3.96. The molecule has 5 atom stereocenters. The molecule has 11 heteroatoms. The number of hydrogen-bond acceptors (Lipinski definition) is 7. The molecule has 1 aromatic heterocycles. The molecule has 3 aromatic rings. The Kier molecular flexibility index (Phi) is 9.47. The van der Waals surface area contributed by atoms with Crippen LogP contribution in [0.1, 0.15) is 74.3 Å². The number of carbonyl (C=O) groups excluding carboxylic acids is 4. The summed E-state index contributed by atoms with van der Waals surface area (Å²) in [5.41, 5.74) is 4.83. The minimum Gasteiger partial charge on any atom is -0.388 e. The van der Waals surface area contributed by atoms with E-state index in [2.05, 4.69) is 10.3 Å². The SMILES string of the molecule is Cc1ncsc1-c1ccc([C@H](CC(=O)C(C)(C)C)NC(=O)[C@@H]2[C@@H](F)[C@@H](O)CN2C(=O)[C@H](C(C)C)N2Cc3ccccc3C2=O)cc1. The maximum absolute atomic E-state index is 15.7. The molecule has 244 valence electrons. The number of hydrogen-bond donors (Lipinski definition) is 2. The number of benzene rings is 2. The number of carbonyl (C=O) groups is 4. The molecule has 5 rings (SSSR count). The highest BCUT2D eigenvalue weighted by atomic mass is 32.1. The topological polar surface area (TPSA) is 120 Å². The highest BCUT2D eigenvalue weighted by Crippen LogP contribution is 2.33. The number of rotatable bonds is 9. The molecule has 2 aliphatic heterocycles. The van der Waals surface area contributed by atoms with Crippen molar-refractivity contribution in [3.63, 3.8) is 0 Å². The number of nitrogens with one attached hydrogen (secondary N) is 1. The lowest BCUT2D eigenvalue weighted by Crippen LogP contribution is -2.57. The van der Waals surface area contributed by atoms with Gasteiger partial charge in [-0.05, 0) is 35.6 Å². The molecule has 46 heavy (non-hydrogen) atoms. The molecule has 3 amide bonds. The van der Waals surface area contributed by atoms with Crippen LogP contribution in [0, 0.1) is 18.3 Å². The summed E-state index contributed by atoms with van der Waals surface area (Å²) >= 11 is 1.51. The Morgan fingerprint density at radius 2 is 1.78 bits per heavy atom. The van der Waals surface area contributed by atoms with Gasteiger partial charge in [0.15, 0.2) is 6.17 Å². The van der Waals surface area contributed by atoms with Gasteiger partial charge in [-0.15, -0.1) is 11.3 Å². The van der Waals surface area contributed by atoms with Gasteiger partial charge < -0.3 is 20.2 Å². The van der Waals surface area contributed by atoms with Crippen molar-refractivity contribution in [2.24, 2.45) is 11.3 Å². The highest BCUT2D eigenvalue weighted by Gasteiger charge is 2.51. The smallest absolute Gasteiger partial charge is 0.255 e. The Balaban J connectivity index is 1.42. The lowest BCUT2D eigenvalue weighted by molar-refractivity contribution is -0.144. The number of β-amino-alcohol motifs (C(OH)–C–C–N with tert-alkyl or cyclic N) is 1. The van der Waals surface area contributed by atoms with Crippen LogP contribution < -0.4 is 5.32 Å². The molecule has 3 heterocycles. The van der Waals surface area contributed by atoms with Crippen LogP contribution in [-0.2, 0) is 20.9 Å². The maximum Gasteiger partial charge on any atom is 0.255 e. The van der Waals surface area contributed by atoms with Gasteiger partial charge in [0, 0.05) is 23.9 Å². The first kappa shape index (κ1) is 33.4. The van der Waals surface area contributed by atoms with Gasteiger partial charge >= 0.3 is 0 Å². The predicted octanol–water partition coefficient (Wildman–Crippen LogP) is 4.87. The molecule has 1 saturated heterocycles. The van der Waals surface area contributed by atoms with Gasteiger partial charge in [-0.2, -0.15) is 0 Å². The lowest BCUT2D eigenvalue weighted by atomic mass is 9.85. The van der Waals surface area contributed by atoms with Gasteiger partial charge in [0.25, 0.3) is 5.91 Å². The molecular formula is C35H41FN4O5S. The van der Waals surface area contributed by atoms with E-state index in [0.717, 1.165) is 26.6 Å². The molecule has 0 aliphatic carbocycles. The van der Waals surface area contributed by atoms with Crippen molar-refractivity contribution < 1.29 is 28.7 Å². The lowest BCUT2D eigenvalue weighted by Gasteiger charge is -2.35. The predicted molar refractivity (Wildman–Crippen MR) is 174 cm³/mol. The number of thiazole rings is 1. The van der Waals surface area contributed by atoms with Crippen LogP contribution in [0.3, 0.4) is 0 Å². The van der Waals surface area contributed by atoms with Crippen molar-refractivity contribution >= 4 is 34.8 Å². The zero-order valence-corrected chi connectivity index (χ0v) is 27.8. The average Bonchev–Trinajstić information content (AvgIpc) is 3.67. The van der Waals surface area contributed by atoms with E-state index in [-0.39, 0.29) is 30.6 Å². The van der Waals surface area contributed by atoms with Gasteiger partial charge in [0.1, 0.15) is 24.0 Å². The van der Waals surface area contributed by atoms with E-state index in [9.17, 15) is 24.3 Å². The minimum atomic E-state index is -2.06. The van der Waals surface area contributed by atoms with Gasteiger partial charge in [0.05, 0.1) is 28.7 Å². The molecule has 1 fully saturated rings. The van der Waals surface area contributed by atoms with E-state index in [1.54, 1.807) is 52.3 Å². The van der Waals surface area contributed by atoms with Crippen molar-refractivity contribution in [1.82, 2.24) is 20.1 Å². The summed E-state index contributed by atoms with van der Waals surface area (Å²) < 4.78 is 15.7. The summed E-state index contributed by atoms with van der Waals surface area (Å²) in [5.74, 6) is -2.20. The quantitative estimate of drug-likeness (QED) is 0.342. The molecule has 0 spiro atoms. The molecular weight excluding hydrogens is 607 g/mol. The second kappa shape index (κ2) is 13.0. The Labute approximate surface area is 272 Å². The standard InChI is InChI=1S/C35H41FN4O5S/c1-19(2)29(39-16-23-9-7-8-10-24(23)33(39)44)34(45)40-17-26(41)28(36)30(40)32(43)38-25(15-27(42)35(4,5)6)21-11-13-22(14-12-21)31-20(3)37-18-46-31/h7-14,18-19,25-26,28-30,41H,15-17H2,1-6H3,(H,38,43)/t25-,26-,28-,29-,30-/m0/s1. The number of aryl methyl sites for hydroxylation is 1. The summed E-state index contributed by atoms with van der Waals surface area (Å²) in [5, 5.41) is 13.4. The fourth-order valence-corrected chi connectivity index (χ4v) is 7.02. The van der Waals surface area contributed by atoms with Crippen LogP contribution in [0.4, 0.5) is 4.39 Å². The van der Waals surface area contributed by atoms with Gasteiger partial charge in [-0.3, -0.25) is 19.2 Å². The Bertz CT molecular complexity index is 1630. The van der Waals surface area contributed by atoms with Crippen molar-refractivity contribution in [2.75, 3.05) is 6.54 Å². The second-order valence-corrected chi connectivity index (χ2v) is 14.4. The van der Waals surface area contributed by atoms with Crippen molar-refractivity contribution in [3.8, 4) is 10.4 Å². The minimum absolute atomic E-state index is 0.0521. The van der Waals surface area contributed by atoms with E-state index in [0.29, 0.717) is 11.1 Å². The number of aromatic nitrogens is 1. The van der Waals surface area contributed by atoms with Gasteiger partial charge in [-0.25, -0.2) is 9.37 Å². The van der Waals surface area contributed by atoms with Gasteiger partial charge in [0.2, 0.25) is 11.8 Å². The number of Topliss-reactive ketones (excluding diaryl/α,β-unsaturated/α-hetero) is 1. The molecule has 2 N–H and O–H groups in total. The molecule has 0 saturated carbocycles. The monoisotopic (exact) mass is 648 g/mol. The third-order valence-corrected chi connectivity index (χ3v) is 9.85. The van der Waals surface area contributed by atoms with Crippen LogP contribution in [0.25, 0.3) is 10.4 Å². The van der Waals surface area contributed by atoms with Crippen LogP contribution >= 0.6 is 11.3 Å². The summed E-state index contributed by atoms with van der Waals surface area (Å²) in [7, 11) is 0. The van der Waals surface area contributed by atoms with Crippen LogP contribution in [0.15, 0.2) is 54.0 Å². The Morgan fingerprint density at radius 1 is 1.11 bits per heavy atom. The molecule has 9 nitrogen and oxygen atoms in total. The molecule has 0 radical (unpaired) electrons. The number of aliphatic hydroxyl groups excluding tert-OH is 1. The number of fused-ring (bicyclic) bond motifs is 1. The summed E-state index contributed by atoms with van der Waals surface area (Å²) in [6.45, 7) is 10.7. The fraction of sp³-hybridized carbons (Fsp3) is 0.457. The zero-order valence-electron chi connectivity index (χ0n) is 27.0. The number of amides is 3. The van der Waals surface area contributed by atoms with Crippen LogP contribution in [-0.4, -0.2) is 74.3 Å². The van der Waals surface area contributed by atoms with E-state index >= 15 is 4.39 Å². The van der Waals surface area contributed by atoms with E-state index in [1.165, 1.54) is 16.2 Å². The molecule has 2 aromatic carbocycles. The third-order valence-electron chi connectivity index (χ3n) is 8.87. The summed E-state index contributed by atoms with van der Waals surface area (Å²) in [4.78, 5) is 62.4. The number of aliphatic hydroxyl groups is 1. The number of alkyl halides is 1. The largest absolute Gasteiger partial charge is 0.388 e. The fourth-order valence-electron chi connectivity index (χ4n) is 6.21. The summed E-state index contributed by atoms with van der Waals surface area (Å²) in [6.07, 6.45) is -3.70. The highest BCUT2D eigenvalue weighted by molar-refractivity contribution is 7.13. The van der Waals surface area contributed by atoms with E-state index in [1.807, 2.05) is 43.3 Å². The van der Waals surface area contributed by atoms with Crippen molar-refractivity contribution in [3.05, 3.63) is 76.4 Å². The van der Waals surface area contributed by atoms with Crippen molar-refractivity contribution in [2.45, 2.75) is 84.9 Å². The molecule has 2 aliphatic rings. The number of halogens is 1. The Morgan fingerprint density at radius 3 is 2.37 bits per heavy atom. The number of ketones is 1. The van der Waals surface area contributed by atoms with E-state index in [4.69, 9.17) is 0 Å². The van der Waals surface area contributed by atoms with Crippen LogP contribution in [0.5, 0.6) is 0 Å². The van der Waals surface area contributed by atoms with Crippen LogP contribution in [0.2, 0.25) is 0 Å². The number of nitrogens with zero attached hydrogens (tertiary/aromatic N) is 3. The second-order valence-electron chi connectivity index (χ2n) is 13.6. The zero-order chi connectivity index (χ0) is 33.5. The number of likely N-dealkylation sites (tertiary alicyclic amines) is 1. The van der Waals surface area contributed by atoms with E-state index < -0.39 is 54.2 Å². The summed E-state index contributed by atoms with van der Waals surface area (Å²) in [6, 6.07) is 11.1. The third kappa shape index (κ3) is 6.48. The molecule has 0 unspecified atom stereocenters. The first-order valence-electron chi connectivity index (χ1n) is 15.5. The normalized spacial score (nSPS) is 21.0. The first-order valence-corrected chi connectivity index (χ1v) is 16.4. The van der Waals surface area contributed by atoms with Gasteiger partial charge in [-0.1, -0.05) is 77.1 Å². The average molecular weight is 649 g/mol. The van der Waals surface area contributed by atoms with Crippen molar-refractivity contribution in [1.29, 1.82) is 0 Å². The maximum atomic E-state index is 15.7.